The van der Waals surface area contributed by atoms with Crippen LogP contribution in [-0.2, 0) is 6.54 Å². The number of rotatable bonds is 3. The maximum absolute atomic E-state index is 3.67. The summed E-state index contributed by atoms with van der Waals surface area (Å²) in [5.74, 6) is 0.702. The molecule has 1 N–H and O–H groups in total. The van der Waals surface area contributed by atoms with E-state index in [4.69, 9.17) is 0 Å². The monoisotopic (exact) mass is 260 g/mol. The van der Waals surface area contributed by atoms with E-state index in [-0.39, 0.29) is 0 Å². The third kappa shape index (κ3) is 3.37. The lowest BCUT2D eigenvalue weighted by molar-refractivity contribution is 0.116. The molecular weight excluding hydrogens is 232 g/mol. The van der Waals surface area contributed by atoms with E-state index in [1.54, 1.807) is 0 Å². The van der Waals surface area contributed by atoms with E-state index in [1.807, 2.05) is 0 Å². The number of piperazine rings is 1. The molecule has 1 saturated heterocycles. The lowest BCUT2D eigenvalue weighted by atomic mass is 9.97. The molecule has 2 nitrogen and oxygen atoms in total. The molecule has 2 rings (SSSR count). The Morgan fingerprint density at radius 1 is 1.26 bits per heavy atom. The minimum Gasteiger partial charge on any atom is -0.311 e. The number of benzene rings is 1. The number of hydrogen-bond donors (Lipinski definition) is 1. The molecule has 19 heavy (non-hydrogen) atoms. The van der Waals surface area contributed by atoms with Gasteiger partial charge < -0.3 is 5.32 Å². The van der Waals surface area contributed by atoms with Crippen molar-refractivity contribution >= 4 is 0 Å². The molecule has 0 saturated carbocycles. The standard InChI is InChI=1S/C17H28N2/c1-12(2)17-11-19(15(5)9-18-17)10-16-13(3)7-6-8-14(16)4/h6-8,12,15,17-18H,9-11H2,1-5H3. The van der Waals surface area contributed by atoms with Gasteiger partial charge >= 0.3 is 0 Å². The second-order valence-corrected chi connectivity index (χ2v) is 6.41. The number of hydrogen-bond acceptors (Lipinski definition) is 2. The molecule has 0 aliphatic carbocycles. The molecule has 2 atom stereocenters. The van der Waals surface area contributed by atoms with Crippen LogP contribution in [0.2, 0.25) is 0 Å². The van der Waals surface area contributed by atoms with Crippen LogP contribution in [0.3, 0.4) is 0 Å². The predicted molar refractivity (Wildman–Crippen MR) is 82.4 cm³/mol. The van der Waals surface area contributed by atoms with Crippen LogP contribution in [0.5, 0.6) is 0 Å². The molecule has 1 aromatic rings. The Morgan fingerprint density at radius 3 is 2.47 bits per heavy atom. The second kappa shape index (κ2) is 6.06. The van der Waals surface area contributed by atoms with E-state index < -0.39 is 0 Å². The first-order valence-electron chi connectivity index (χ1n) is 7.51. The second-order valence-electron chi connectivity index (χ2n) is 6.41. The molecule has 0 spiro atoms. The van der Waals surface area contributed by atoms with Crippen LogP contribution in [0.4, 0.5) is 0 Å². The maximum atomic E-state index is 3.67. The zero-order valence-electron chi connectivity index (χ0n) is 13.0. The van der Waals surface area contributed by atoms with Crippen molar-refractivity contribution in [3.8, 4) is 0 Å². The molecule has 0 aromatic heterocycles. The first-order valence-corrected chi connectivity index (χ1v) is 7.51. The summed E-state index contributed by atoms with van der Waals surface area (Å²) >= 11 is 0. The zero-order valence-corrected chi connectivity index (χ0v) is 13.0. The van der Waals surface area contributed by atoms with Gasteiger partial charge in [-0.25, -0.2) is 0 Å². The SMILES string of the molecule is Cc1cccc(C)c1CN1CC(C(C)C)NCC1C. The van der Waals surface area contributed by atoms with Crippen LogP contribution in [0, 0.1) is 19.8 Å². The van der Waals surface area contributed by atoms with Crippen LogP contribution in [0.25, 0.3) is 0 Å². The quantitative estimate of drug-likeness (QED) is 0.898. The van der Waals surface area contributed by atoms with Crippen molar-refractivity contribution in [3.63, 3.8) is 0 Å². The summed E-state index contributed by atoms with van der Waals surface area (Å²) < 4.78 is 0. The highest BCUT2D eigenvalue weighted by Crippen LogP contribution is 2.20. The molecule has 2 heteroatoms. The fourth-order valence-electron chi connectivity index (χ4n) is 2.92. The Balaban J connectivity index is 2.12. The van der Waals surface area contributed by atoms with E-state index in [0.717, 1.165) is 19.6 Å². The summed E-state index contributed by atoms with van der Waals surface area (Å²) in [6, 6.07) is 7.87. The van der Waals surface area contributed by atoms with Crippen molar-refractivity contribution in [1.82, 2.24) is 10.2 Å². The van der Waals surface area contributed by atoms with Crippen molar-refractivity contribution in [2.75, 3.05) is 13.1 Å². The molecule has 1 aromatic carbocycles. The Hall–Kier alpha value is -0.860. The molecule has 0 radical (unpaired) electrons. The number of nitrogens with one attached hydrogen (secondary N) is 1. The molecule has 1 aliphatic rings. The van der Waals surface area contributed by atoms with Gasteiger partial charge in [-0.05, 0) is 43.4 Å². The Bertz CT molecular complexity index is 405. The molecule has 1 aliphatic heterocycles. The normalized spacial score (nSPS) is 24.9. The summed E-state index contributed by atoms with van der Waals surface area (Å²) in [7, 11) is 0. The lowest BCUT2D eigenvalue weighted by Crippen LogP contribution is -2.56. The highest BCUT2D eigenvalue weighted by molar-refractivity contribution is 5.33. The number of aryl methyl sites for hydroxylation is 2. The topological polar surface area (TPSA) is 15.3 Å². The third-order valence-corrected chi connectivity index (χ3v) is 4.54. The molecule has 1 heterocycles. The zero-order chi connectivity index (χ0) is 14.0. The van der Waals surface area contributed by atoms with Gasteiger partial charge in [0.2, 0.25) is 0 Å². The van der Waals surface area contributed by atoms with E-state index in [1.165, 1.54) is 16.7 Å². The van der Waals surface area contributed by atoms with Gasteiger partial charge in [0.25, 0.3) is 0 Å². The van der Waals surface area contributed by atoms with Gasteiger partial charge in [-0.3, -0.25) is 4.90 Å². The van der Waals surface area contributed by atoms with Gasteiger partial charge in [0.05, 0.1) is 0 Å². The van der Waals surface area contributed by atoms with E-state index >= 15 is 0 Å². The molecule has 0 amide bonds. The fraction of sp³-hybridized carbons (Fsp3) is 0.647. The summed E-state index contributed by atoms with van der Waals surface area (Å²) in [6.45, 7) is 14.8. The summed E-state index contributed by atoms with van der Waals surface area (Å²) in [5.41, 5.74) is 4.36. The minimum absolute atomic E-state index is 0.619. The van der Waals surface area contributed by atoms with Crippen LogP contribution in [0.1, 0.15) is 37.5 Å². The van der Waals surface area contributed by atoms with Crippen LogP contribution >= 0.6 is 0 Å². The van der Waals surface area contributed by atoms with Gasteiger partial charge in [0, 0.05) is 31.7 Å². The van der Waals surface area contributed by atoms with Gasteiger partial charge in [-0.1, -0.05) is 32.0 Å². The molecule has 1 fully saturated rings. The van der Waals surface area contributed by atoms with Crippen molar-refractivity contribution in [2.45, 2.75) is 53.2 Å². The Labute approximate surface area is 118 Å². The Kier molecular flexibility index (Phi) is 4.64. The first-order chi connectivity index (χ1) is 8.99. The van der Waals surface area contributed by atoms with Gasteiger partial charge in [-0.2, -0.15) is 0 Å². The Morgan fingerprint density at radius 2 is 1.89 bits per heavy atom. The van der Waals surface area contributed by atoms with Gasteiger partial charge in [0.1, 0.15) is 0 Å². The molecular formula is C17H28N2. The van der Waals surface area contributed by atoms with Crippen LogP contribution in [-0.4, -0.2) is 30.1 Å². The van der Waals surface area contributed by atoms with Crippen LogP contribution < -0.4 is 5.32 Å². The largest absolute Gasteiger partial charge is 0.311 e. The molecule has 2 unspecified atom stereocenters. The highest BCUT2D eigenvalue weighted by Gasteiger charge is 2.27. The average Bonchev–Trinajstić information content (AvgIpc) is 2.35. The summed E-state index contributed by atoms with van der Waals surface area (Å²) in [6.07, 6.45) is 0. The first kappa shape index (κ1) is 14.5. The van der Waals surface area contributed by atoms with Crippen molar-refractivity contribution in [2.24, 2.45) is 5.92 Å². The van der Waals surface area contributed by atoms with Gasteiger partial charge in [0.15, 0.2) is 0 Å². The van der Waals surface area contributed by atoms with Gasteiger partial charge in [-0.15, -0.1) is 0 Å². The summed E-state index contributed by atoms with van der Waals surface area (Å²) in [4.78, 5) is 2.64. The van der Waals surface area contributed by atoms with Crippen molar-refractivity contribution in [1.29, 1.82) is 0 Å². The van der Waals surface area contributed by atoms with E-state index in [2.05, 4.69) is 63.0 Å². The predicted octanol–water partition coefficient (Wildman–Crippen LogP) is 3.12. The van der Waals surface area contributed by atoms with Crippen LogP contribution in [0.15, 0.2) is 18.2 Å². The third-order valence-electron chi connectivity index (χ3n) is 4.54. The number of nitrogens with zero attached hydrogens (tertiary/aromatic N) is 1. The maximum Gasteiger partial charge on any atom is 0.0243 e. The smallest absolute Gasteiger partial charge is 0.0243 e. The fourth-order valence-corrected chi connectivity index (χ4v) is 2.92. The van der Waals surface area contributed by atoms with E-state index in [9.17, 15) is 0 Å². The summed E-state index contributed by atoms with van der Waals surface area (Å²) in [5, 5.41) is 3.67. The van der Waals surface area contributed by atoms with Crippen molar-refractivity contribution in [3.05, 3.63) is 34.9 Å². The highest BCUT2D eigenvalue weighted by atomic mass is 15.2. The average molecular weight is 260 g/mol. The lowest BCUT2D eigenvalue weighted by Gasteiger charge is -2.40. The molecule has 106 valence electrons. The van der Waals surface area contributed by atoms with Crippen molar-refractivity contribution < 1.29 is 0 Å². The minimum atomic E-state index is 0.619. The molecule has 0 bridgehead atoms. The van der Waals surface area contributed by atoms with E-state index in [0.29, 0.717) is 18.0 Å².